The Morgan fingerprint density at radius 1 is 1.00 bits per heavy atom. The maximum atomic E-state index is 13.1. The molecule has 5 nitrogen and oxygen atoms in total. The van der Waals surface area contributed by atoms with Gasteiger partial charge in [0.05, 0.1) is 27.2 Å². The number of hydrogen-bond acceptors (Lipinski definition) is 5. The lowest BCUT2D eigenvalue weighted by atomic mass is 10.1. The Labute approximate surface area is 201 Å². The highest BCUT2D eigenvalue weighted by Gasteiger charge is 2.33. The number of aromatic nitrogens is 1. The summed E-state index contributed by atoms with van der Waals surface area (Å²) in [6, 6.07) is 17.4. The van der Waals surface area contributed by atoms with E-state index in [1.54, 1.807) is 30.3 Å². The summed E-state index contributed by atoms with van der Waals surface area (Å²) in [5, 5.41) is 5.19. The summed E-state index contributed by atoms with van der Waals surface area (Å²) < 4.78 is 40.7. The van der Waals surface area contributed by atoms with E-state index >= 15 is 0 Å². The number of nitrogens with one attached hydrogen (secondary N) is 2. The van der Waals surface area contributed by atoms with E-state index in [0.29, 0.717) is 21.1 Å². The number of anilines is 2. The van der Waals surface area contributed by atoms with Gasteiger partial charge in [0.2, 0.25) is 5.91 Å². The Bertz CT molecular complexity index is 1370. The fourth-order valence-electron chi connectivity index (χ4n) is 3.22. The van der Waals surface area contributed by atoms with Crippen molar-refractivity contribution in [1.82, 2.24) is 4.98 Å². The molecule has 0 aliphatic carbocycles. The smallest absolute Gasteiger partial charge is 0.325 e. The quantitative estimate of drug-likeness (QED) is 0.292. The van der Waals surface area contributed by atoms with Crippen molar-refractivity contribution in [3.63, 3.8) is 0 Å². The lowest BCUT2D eigenvalue weighted by Gasteiger charge is -2.13. The minimum Gasteiger partial charge on any atom is -0.325 e. The van der Waals surface area contributed by atoms with Crippen LogP contribution in [0.3, 0.4) is 0 Å². The van der Waals surface area contributed by atoms with Gasteiger partial charge in [0, 0.05) is 11.3 Å². The largest absolute Gasteiger partial charge is 0.418 e. The Hall–Kier alpha value is -3.37. The molecule has 4 rings (SSSR count). The first-order valence-electron chi connectivity index (χ1n) is 10.1. The van der Waals surface area contributed by atoms with Gasteiger partial charge in [-0.05, 0) is 48.9 Å². The molecule has 0 aliphatic heterocycles. The molecule has 4 aromatic rings. The predicted molar refractivity (Wildman–Crippen MR) is 130 cm³/mol. The molecule has 174 valence electrons. The first kappa shape index (κ1) is 23.8. The number of para-hydroxylation sites is 1. The lowest BCUT2D eigenvalue weighted by Crippen LogP contribution is -2.18. The summed E-state index contributed by atoms with van der Waals surface area (Å²) in [4.78, 5) is 29.2. The molecular weight excluding hydrogens is 483 g/mol. The van der Waals surface area contributed by atoms with Crippen LogP contribution >= 0.6 is 23.1 Å². The number of carbonyl (C=O) groups is 2. The molecule has 0 aliphatic rings. The van der Waals surface area contributed by atoms with Gasteiger partial charge in [-0.1, -0.05) is 42.1 Å². The SMILES string of the molecule is Cc1ccccc1C(=O)Nc1ccc2nc(SCC(=O)Nc3ccccc3C(F)(F)F)sc2c1. The molecule has 0 spiro atoms. The molecule has 10 heteroatoms. The van der Waals surface area contributed by atoms with Gasteiger partial charge < -0.3 is 10.6 Å². The second kappa shape index (κ2) is 9.86. The lowest BCUT2D eigenvalue weighted by molar-refractivity contribution is -0.137. The van der Waals surface area contributed by atoms with Gasteiger partial charge in [-0.15, -0.1) is 11.3 Å². The van der Waals surface area contributed by atoms with Crippen molar-refractivity contribution in [3.05, 3.63) is 83.4 Å². The molecule has 0 radical (unpaired) electrons. The van der Waals surface area contributed by atoms with E-state index in [2.05, 4.69) is 15.6 Å². The molecule has 0 fully saturated rings. The van der Waals surface area contributed by atoms with Gasteiger partial charge in [-0.3, -0.25) is 9.59 Å². The van der Waals surface area contributed by atoms with Crippen LogP contribution < -0.4 is 10.6 Å². The molecule has 1 heterocycles. The second-order valence-electron chi connectivity index (χ2n) is 7.31. The average Bonchev–Trinajstić information content (AvgIpc) is 3.20. The van der Waals surface area contributed by atoms with Crippen molar-refractivity contribution in [2.24, 2.45) is 0 Å². The second-order valence-corrected chi connectivity index (χ2v) is 9.56. The molecule has 0 unspecified atom stereocenters. The number of amides is 2. The molecule has 2 N–H and O–H groups in total. The Morgan fingerprint density at radius 3 is 2.50 bits per heavy atom. The van der Waals surface area contributed by atoms with Crippen LogP contribution in [0.4, 0.5) is 24.5 Å². The van der Waals surface area contributed by atoms with Gasteiger partial charge in [0.1, 0.15) is 0 Å². The monoisotopic (exact) mass is 501 g/mol. The number of hydrogen-bond donors (Lipinski definition) is 2. The van der Waals surface area contributed by atoms with Crippen LogP contribution in [-0.2, 0) is 11.0 Å². The van der Waals surface area contributed by atoms with Crippen LogP contribution in [0.25, 0.3) is 10.2 Å². The minimum absolute atomic E-state index is 0.0944. The third kappa shape index (κ3) is 5.57. The molecule has 34 heavy (non-hydrogen) atoms. The number of aryl methyl sites for hydroxylation is 1. The van der Waals surface area contributed by atoms with Crippen molar-refractivity contribution in [3.8, 4) is 0 Å². The van der Waals surface area contributed by atoms with E-state index in [1.165, 1.54) is 29.5 Å². The summed E-state index contributed by atoms with van der Waals surface area (Å²) in [5.41, 5.74) is 1.59. The number of benzene rings is 3. The fourth-order valence-corrected chi connectivity index (χ4v) is 5.13. The zero-order chi connectivity index (χ0) is 24.3. The van der Waals surface area contributed by atoms with Crippen LogP contribution in [0.1, 0.15) is 21.5 Å². The maximum Gasteiger partial charge on any atom is 0.418 e. The zero-order valence-corrected chi connectivity index (χ0v) is 19.4. The first-order valence-corrected chi connectivity index (χ1v) is 11.9. The standard InChI is InChI=1S/C24H18F3N3O2S2/c1-14-6-2-3-7-16(14)22(32)28-15-10-11-19-20(12-15)34-23(30-19)33-13-21(31)29-18-9-5-4-8-17(18)24(25,26)27/h2-12H,13H2,1H3,(H,28,32)(H,29,31). The minimum atomic E-state index is -4.56. The number of rotatable bonds is 6. The Balaban J connectivity index is 1.41. The highest BCUT2D eigenvalue weighted by molar-refractivity contribution is 8.01. The van der Waals surface area contributed by atoms with E-state index < -0.39 is 17.6 Å². The predicted octanol–water partition coefficient (Wildman–Crippen LogP) is 6.61. The molecule has 1 aromatic heterocycles. The van der Waals surface area contributed by atoms with Gasteiger partial charge in [-0.2, -0.15) is 13.2 Å². The zero-order valence-electron chi connectivity index (χ0n) is 17.8. The average molecular weight is 502 g/mol. The van der Waals surface area contributed by atoms with Crippen LogP contribution in [0.15, 0.2) is 71.1 Å². The van der Waals surface area contributed by atoms with E-state index in [4.69, 9.17) is 0 Å². The van der Waals surface area contributed by atoms with E-state index in [0.717, 1.165) is 28.1 Å². The number of carbonyl (C=O) groups excluding carboxylic acids is 2. The molecule has 0 atom stereocenters. The van der Waals surface area contributed by atoms with Crippen LogP contribution in [0.2, 0.25) is 0 Å². The first-order chi connectivity index (χ1) is 16.2. The summed E-state index contributed by atoms with van der Waals surface area (Å²) in [7, 11) is 0. The van der Waals surface area contributed by atoms with Gasteiger partial charge in [0.25, 0.3) is 5.91 Å². The summed E-state index contributed by atoms with van der Waals surface area (Å²) in [6.07, 6.45) is -4.56. The Morgan fingerprint density at radius 2 is 1.74 bits per heavy atom. The number of halogens is 3. The van der Waals surface area contributed by atoms with Gasteiger partial charge in [-0.25, -0.2) is 4.98 Å². The molecular formula is C24H18F3N3O2S2. The van der Waals surface area contributed by atoms with Crippen LogP contribution in [-0.4, -0.2) is 22.6 Å². The normalized spacial score (nSPS) is 11.4. The summed E-state index contributed by atoms with van der Waals surface area (Å²) >= 11 is 2.47. The number of nitrogens with zero attached hydrogens (tertiary/aromatic N) is 1. The fraction of sp³-hybridized carbons (Fsp3) is 0.125. The summed E-state index contributed by atoms with van der Waals surface area (Å²) in [5.74, 6) is -0.873. The van der Waals surface area contributed by atoms with E-state index in [9.17, 15) is 22.8 Å². The molecule has 2 amide bonds. The highest BCUT2D eigenvalue weighted by Crippen LogP contribution is 2.35. The summed E-state index contributed by atoms with van der Waals surface area (Å²) in [6.45, 7) is 1.86. The highest BCUT2D eigenvalue weighted by atomic mass is 32.2. The molecule has 3 aromatic carbocycles. The number of thioether (sulfide) groups is 1. The van der Waals surface area contributed by atoms with E-state index in [-0.39, 0.29) is 17.3 Å². The van der Waals surface area contributed by atoms with Gasteiger partial charge in [0.15, 0.2) is 4.34 Å². The van der Waals surface area contributed by atoms with Crippen molar-refractivity contribution >= 4 is 56.5 Å². The van der Waals surface area contributed by atoms with Crippen molar-refractivity contribution in [1.29, 1.82) is 0 Å². The van der Waals surface area contributed by atoms with Gasteiger partial charge >= 0.3 is 6.18 Å². The third-order valence-corrected chi connectivity index (χ3v) is 7.01. The molecule has 0 bridgehead atoms. The Kier molecular flexibility index (Phi) is 6.90. The molecule has 0 saturated carbocycles. The number of alkyl halides is 3. The topological polar surface area (TPSA) is 71.1 Å². The van der Waals surface area contributed by atoms with Crippen molar-refractivity contribution in [2.75, 3.05) is 16.4 Å². The number of fused-ring (bicyclic) bond motifs is 1. The number of thiazole rings is 1. The van der Waals surface area contributed by atoms with Crippen molar-refractivity contribution < 1.29 is 22.8 Å². The van der Waals surface area contributed by atoms with Crippen LogP contribution in [0.5, 0.6) is 0 Å². The maximum absolute atomic E-state index is 13.1. The van der Waals surface area contributed by atoms with Crippen molar-refractivity contribution in [2.45, 2.75) is 17.4 Å². The van der Waals surface area contributed by atoms with E-state index in [1.807, 2.05) is 19.1 Å². The third-order valence-electron chi connectivity index (χ3n) is 4.85. The molecule has 0 saturated heterocycles. The van der Waals surface area contributed by atoms with Crippen LogP contribution in [0, 0.1) is 6.92 Å².